The highest BCUT2D eigenvalue weighted by atomic mass is 15.1. The maximum atomic E-state index is 5.75. The molecule has 1 aromatic rings. The number of fused-ring (bicyclic) bond motifs is 1. The van der Waals surface area contributed by atoms with Gasteiger partial charge in [0.2, 0.25) is 0 Å². The van der Waals surface area contributed by atoms with Crippen molar-refractivity contribution in [2.45, 2.75) is 25.8 Å². The average molecular weight is 194 g/mol. The molecule has 2 rings (SSSR count). The van der Waals surface area contributed by atoms with Gasteiger partial charge in [0.1, 0.15) is 5.82 Å². The van der Waals surface area contributed by atoms with E-state index in [4.69, 9.17) is 5.73 Å². The number of aromatic amines is 1. The Kier molecular flexibility index (Phi) is 2.56. The summed E-state index contributed by atoms with van der Waals surface area (Å²) in [5, 5.41) is 0. The fourth-order valence-corrected chi connectivity index (χ4v) is 2.09. The van der Waals surface area contributed by atoms with Crippen molar-refractivity contribution in [1.29, 1.82) is 0 Å². The summed E-state index contributed by atoms with van der Waals surface area (Å²) in [6, 6.07) is 0. The number of hydrogen-bond donors (Lipinski definition) is 2. The van der Waals surface area contributed by atoms with Crippen molar-refractivity contribution in [3.63, 3.8) is 0 Å². The highest BCUT2D eigenvalue weighted by molar-refractivity contribution is 5.22. The molecule has 14 heavy (non-hydrogen) atoms. The highest BCUT2D eigenvalue weighted by Gasteiger charge is 2.25. The number of rotatable bonds is 2. The monoisotopic (exact) mass is 194 g/mol. The van der Waals surface area contributed by atoms with Crippen molar-refractivity contribution in [1.82, 2.24) is 14.9 Å². The van der Waals surface area contributed by atoms with E-state index in [1.165, 1.54) is 11.4 Å². The number of hydrogen-bond acceptors (Lipinski definition) is 3. The van der Waals surface area contributed by atoms with E-state index >= 15 is 0 Å². The molecule has 0 bridgehead atoms. The van der Waals surface area contributed by atoms with Crippen molar-refractivity contribution in [3.05, 3.63) is 17.2 Å². The lowest BCUT2D eigenvalue weighted by Gasteiger charge is -2.27. The summed E-state index contributed by atoms with van der Waals surface area (Å²) in [4.78, 5) is 10.3. The molecule has 3 N–H and O–H groups in total. The standard InChI is InChI=1S/C10H18N4/c1-3-9-12-8-6-14(2)5-7(4-11)10(8)13-9/h7H,3-6,11H2,1-2H3,(H,12,13). The van der Waals surface area contributed by atoms with Gasteiger partial charge in [0.25, 0.3) is 0 Å². The van der Waals surface area contributed by atoms with Crippen LogP contribution in [0.3, 0.4) is 0 Å². The predicted octanol–water partition coefficient (Wildman–Crippen LogP) is 0.460. The number of likely N-dealkylation sites (N-methyl/N-ethyl adjacent to an activating group) is 1. The third-order valence-corrected chi connectivity index (χ3v) is 2.83. The van der Waals surface area contributed by atoms with Crippen LogP contribution in [0.5, 0.6) is 0 Å². The molecule has 4 heteroatoms. The summed E-state index contributed by atoms with van der Waals surface area (Å²) in [7, 11) is 2.12. The summed E-state index contributed by atoms with van der Waals surface area (Å²) in [6.45, 7) is 4.80. The van der Waals surface area contributed by atoms with Crippen LogP contribution in [0.15, 0.2) is 0 Å². The molecule has 1 aliphatic heterocycles. The Morgan fingerprint density at radius 2 is 2.43 bits per heavy atom. The van der Waals surface area contributed by atoms with Crippen LogP contribution in [0.4, 0.5) is 0 Å². The minimum absolute atomic E-state index is 0.403. The largest absolute Gasteiger partial charge is 0.345 e. The van der Waals surface area contributed by atoms with Gasteiger partial charge in [-0.2, -0.15) is 0 Å². The van der Waals surface area contributed by atoms with E-state index in [2.05, 4.69) is 28.8 Å². The number of aryl methyl sites for hydroxylation is 1. The molecule has 0 aliphatic carbocycles. The van der Waals surface area contributed by atoms with Crippen molar-refractivity contribution < 1.29 is 0 Å². The fourth-order valence-electron chi connectivity index (χ4n) is 2.09. The van der Waals surface area contributed by atoms with Crippen LogP contribution in [-0.2, 0) is 13.0 Å². The Labute approximate surface area is 84.5 Å². The van der Waals surface area contributed by atoms with Crippen LogP contribution < -0.4 is 5.73 Å². The number of nitrogens with two attached hydrogens (primary N) is 1. The lowest BCUT2D eigenvalue weighted by Crippen LogP contribution is -2.34. The number of nitrogens with zero attached hydrogens (tertiary/aromatic N) is 2. The number of imidazole rings is 1. The van der Waals surface area contributed by atoms with E-state index < -0.39 is 0 Å². The van der Waals surface area contributed by atoms with Crippen molar-refractivity contribution in [2.75, 3.05) is 20.1 Å². The van der Waals surface area contributed by atoms with E-state index in [0.717, 1.165) is 25.3 Å². The van der Waals surface area contributed by atoms with Gasteiger partial charge >= 0.3 is 0 Å². The van der Waals surface area contributed by atoms with Crippen LogP contribution in [0, 0.1) is 0 Å². The van der Waals surface area contributed by atoms with Gasteiger partial charge in [0.15, 0.2) is 0 Å². The zero-order valence-corrected chi connectivity index (χ0v) is 8.88. The SMILES string of the molecule is CCc1nc2c([nH]1)CN(C)CC2CN. The third-order valence-electron chi connectivity index (χ3n) is 2.83. The lowest BCUT2D eigenvalue weighted by atomic mass is 9.99. The Morgan fingerprint density at radius 3 is 3.07 bits per heavy atom. The highest BCUT2D eigenvalue weighted by Crippen LogP contribution is 2.24. The van der Waals surface area contributed by atoms with Gasteiger partial charge in [-0.15, -0.1) is 0 Å². The molecule has 0 amide bonds. The first-order valence-corrected chi connectivity index (χ1v) is 5.20. The second-order valence-corrected chi connectivity index (χ2v) is 4.03. The molecule has 0 radical (unpaired) electrons. The van der Waals surface area contributed by atoms with Gasteiger partial charge in [-0.1, -0.05) is 6.92 Å². The fraction of sp³-hybridized carbons (Fsp3) is 0.700. The molecule has 1 aliphatic rings. The molecule has 78 valence electrons. The Bertz CT molecular complexity index is 318. The Morgan fingerprint density at radius 1 is 1.64 bits per heavy atom. The molecule has 2 heterocycles. The summed E-state index contributed by atoms with van der Waals surface area (Å²) < 4.78 is 0. The summed E-state index contributed by atoms with van der Waals surface area (Å²) in [5.41, 5.74) is 8.20. The van der Waals surface area contributed by atoms with Gasteiger partial charge < -0.3 is 10.7 Å². The molecular formula is C10H18N4. The zero-order chi connectivity index (χ0) is 10.1. The topological polar surface area (TPSA) is 57.9 Å². The van der Waals surface area contributed by atoms with Gasteiger partial charge in [-0.05, 0) is 7.05 Å². The lowest BCUT2D eigenvalue weighted by molar-refractivity contribution is 0.277. The maximum absolute atomic E-state index is 5.75. The van der Waals surface area contributed by atoms with E-state index in [1.807, 2.05) is 0 Å². The van der Waals surface area contributed by atoms with Gasteiger partial charge in [0.05, 0.1) is 11.4 Å². The molecule has 1 aromatic heterocycles. The Balaban J connectivity index is 2.33. The smallest absolute Gasteiger partial charge is 0.106 e. The quantitative estimate of drug-likeness (QED) is 0.719. The average Bonchev–Trinajstić information content (AvgIpc) is 2.59. The van der Waals surface area contributed by atoms with Crippen LogP contribution in [-0.4, -0.2) is 35.0 Å². The Hall–Kier alpha value is -0.870. The van der Waals surface area contributed by atoms with Gasteiger partial charge in [0, 0.05) is 32.0 Å². The molecule has 4 nitrogen and oxygen atoms in total. The summed E-state index contributed by atoms with van der Waals surface area (Å²) in [6.07, 6.45) is 0.966. The van der Waals surface area contributed by atoms with Crippen LogP contribution in [0.25, 0.3) is 0 Å². The van der Waals surface area contributed by atoms with E-state index in [0.29, 0.717) is 12.5 Å². The van der Waals surface area contributed by atoms with Crippen molar-refractivity contribution >= 4 is 0 Å². The summed E-state index contributed by atoms with van der Waals surface area (Å²) in [5.74, 6) is 1.49. The predicted molar refractivity (Wildman–Crippen MR) is 56.1 cm³/mol. The molecular weight excluding hydrogens is 176 g/mol. The van der Waals surface area contributed by atoms with Crippen LogP contribution >= 0.6 is 0 Å². The summed E-state index contributed by atoms with van der Waals surface area (Å²) >= 11 is 0. The van der Waals surface area contributed by atoms with Crippen LogP contribution in [0.2, 0.25) is 0 Å². The van der Waals surface area contributed by atoms with Crippen molar-refractivity contribution in [3.8, 4) is 0 Å². The molecule has 1 unspecified atom stereocenters. The minimum atomic E-state index is 0.403. The molecule has 0 spiro atoms. The van der Waals surface area contributed by atoms with E-state index in [1.54, 1.807) is 0 Å². The minimum Gasteiger partial charge on any atom is -0.345 e. The first-order chi connectivity index (χ1) is 6.74. The second kappa shape index (κ2) is 3.71. The molecule has 0 saturated heterocycles. The van der Waals surface area contributed by atoms with Crippen LogP contribution in [0.1, 0.15) is 30.1 Å². The number of H-pyrrole nitrogens is 1. The maximum Gasteiger partial charge on any atom is 0.106 e. The first kappa shape index (κ1) is 9.68. The molecule has 0 fully saturated rings. The zero-order valence-electron chi connectivity index (χ0n) is 8.88. The molecule has 0 aromatic carbocycles. The van der Waals surface area contributed by atoms with Gasteiger partial charge in [-0.25, -0.2) is 4.98 Å². The van der Waals surface area contributed by atoms with E-state index in [9.17, 15) is 0 Å². The molecule has 0 saturated carbocycles. The molecule has 1 atom stereocenters. The first-order valence-electron chi connectivity index (χ1n) is 5.20. The normalized spacial score (nSPS) is 22.4. The van der Waals surface area contributed by atoms with E-state index in [-0.39, 0.29) is 0 Å². The van der Waals surface area contributed by atoms with Crippen molar-refractivity contribution in [2.24, 2.45) is 5.73 Å². The van der Waals surface area contributed by atoms with Gasteiger partial charge in [-0.3, -0.25) is 4.90 Å². The number of nitrogens with one attached hydrogen (secondary N) is 1. The number of aromatic nitrogens is 2. The second-order valence-electron chi connectivity index (χ2n) is 4.03. The third kappa shape index (κ3) is 1.55.